The number of aromatic nitrogens is 3. The van der Waals surface area contributed by atoms with Crippen molar-refractivity contribution in [1.29, 1.82) is 0 Å². The molecule has 0 fully saturated rings. The molecule has 0 saturated heterocycles. The van der Waals surface area contributed by atoms with Crippen molar-refractivity contribution in [3.05, 3.63) is 60.0 Å². The standard InChI is InChI=1S/C18H17FN6O3/c1-28-14-9-5-4-8-13(14)22-18(27)16-17(20)25(24-23-16)10-15(26)21-12-7-3-2-6-11(12)19/h2-9H,10,20H2,1H3,(H,21,26)(H,22,27). The van der Waals surface area contributed by atoms with Gasteiger partial charge in [0.1, 0.15) is 18.1 Å². The van der Waals surface area contributed by atoms with Gasteiger partial charge in [0.05, 0.1) is 18.5 Å². The van der Waals surface area contributed by atoms with Crippen molar-refractivity contribution in [2.45, 2.75) is 6.54 Å². The predicted octanol–water partition coefficient (Wildman–Crippen LogP) is 1.90. The van der Waals surface area contributed by atoms with Crippen LogP contribution < -0.4 is 21.1 Å². The molecule has 0 saturated carbocycles. The molecule has 0 aliphatic carbocycles. The van der Waals surface area contributed by atoms with E-state index in [9.17, 15) is 14.0 Å². The summed E-state index contributed by atoms with van der Waals surface area (Å²) in [6.45, 7) is -0.338. The number of nitrogens with two attached hydrogens (primary N) is 1. The molecule has 2 aromatic carbocycles. The Labute approximate surface area is 159 Å². The second kappa shape index (κ2) is 8.16. The van der Waals surface area contributed by atoms with E-state index in [-0.39, 0.29) is 23.7 Å². The maximum absolute atomic E-state index is 13.6. The van der Waals surface area contributed by atoms with Gasteiger partial charge in [0, 0.05) is 0 Å². The molecule has 28 heavy (non-hydrogen) atoms. The maximum Gasteiger partial charge on any atom is 0.280 e. The van der Waals surface area contributed by atoms with Crippen LogP contribution in [0, 0.1) is 5.82 Å². The number of carbonyl (C=O) groups excluding carboxylic acids is 2. The van der Waals surface area contributed by atoms with Crippen LogP contribution in [0.2, 0.25) is 0 Å². The zero-order chi connectivity index (χ0) is 20.1. The number of ether oxygens (including phenoxy) is 1. The molecule has 0 aliphatic rings. The molecule has 0 bridgehead atoms. The zero-order valence-corrected chi connectivity index (χ0v) is 14.8. The number of nitrogen functional groups attached to an aromatic ring is 1. The number of halogens is 1. The SMILES string of the molecule is COc1ccccc1NC(=O)c1nnn(CC(=O)Nc2ccccc2F)c1N. The highest BCUT2D eigenvalue weighted by Crippen LogP contribution is 2.24. The number of hydrogen-bond acceptors (Lipinski definition) is 6. The zero-order valence-electron chi connectivity index (χ0n) is 14.8. The molecule has 0 unspecified atom stereocenters. The number of para-hydroxylation sites is 3. The Bertz CT molecular complexity index is 1020. The van der Waals surface area contributed by atoms with Crippen LogP contribution in [0.1, 0.15) is 10.5 Å². The molecule has 3 aromatic rings. The van der Waals surface area contributed by atoms with Gasteiger partial charge in [-0.05, 0) is 24.3 Å². The highest BCUT2D eigenvalue weighted by Gasteiger charge is 2.20. The summed E-state index contributed by atoms with van der Waals surface area (Å²) in [5, 5.41) is 12.5. The number of anilines is 3. The number of amides is 2. The molecule has 1 heterocycles. The summed E-state index contributed by atoms with van der Waals surface area (Å²) >= 11 is 0. The molecule has 144 valence electrons. The van der Waals surface area contributed by atoms with Gasteiger partial charge >= 0.3 is 0 Å². The fourth-order valence-electron chi connectivity index (χ4n) is 2.42. The van der Waals surface area contributed by atoms with E-state index in [1.807, 2.05) is 0 Å². The summed E-state index contributed by atoms with van der Waals surface area (Å²) in [6, 6.07) is 12.6. The van der Waals surface area contributed by atoms with Crippen LogP contribution in [0.3, 0.4) is 0 Å². The lowest BCUT2D eigenvalue weighted by molar-refractivity contribution is -0.116. The number of methoxy groups -OCH3 is 1. The summed E-state index contributed by atoms with van der Waals surface area (Å²) in [7, 11) is 1.48. The number of nitrogens with one attached hydrogen (secondary N) is 2. The van der Waals surface area contributed by atoms with Gasteiger partial charge in [-0.1, -0.05) is 29.5 Å². The van der Waals surface area contributed by atoms with E-state index in [0.29, 0.717) is 11.4 Å². The van der Waals surface area contributed by atoms with Gasteiger partial charge in [-0.25, -0.2) is 9.07 Å². The first-order chi connectivity index (χ1) is 13.5. The van der Waals surface area contributed by atoms with E-state index in [2.05, 4.69) is 20.9 Å². The Morgan fingerprint density at radius 3 is 2.50 bits per heavy atom. The van der Waals surface area contributed by atoms with E-state index >= 15 is 0 Å². The molecule has 3 rings (SSSR count). The number of rotatable bonds is 6. The summed E-state index contributed by atoms with van der Waals surface area (Å²) in [5.41, 5.74) is 6.20. The Balaban J connectivity index is 1.70. The number of nitrogens with zero attached hydrogens (tertiary/aromatic N) is 3. The lowest BCUT2D eigenvalue weighted by Crippen LogP contribution is -2.22. The van der Waals surface area contributed by atoms with Crippen LogP contribution in [-0.4, -0.2) is 33.9 Å². The molecule has 4 N–H and O–H groups in total. The lowest BCUT2D eigenvalue weighted by Gasteiger charge is -2.09. The van der Waals surface area contributed by atoms with Crippen LogP contribution in [0.4, 0.5) is 21.6 Å². The quantitative estimate of drug-likeness (QED) is 0.596. The Kier molecular flexibility index (Phi) is 5.49. The van der Waals surface area contributed by atoms with Gasteiger partial charge in [0.15, 0.2) is 11.5 Å². The van der Waals surface area contributed by atoms with E-state index in [1.165, 1.54) is 25.3 Å². The highest BCUT2D eigenvalue weighted by molar-refractivity contribution is 6.06. The van der Waals surface area contributed by atoms with E-state index < -0.39 is 17.6 Å². The van der Waals surface area contributed by atoms with Gasteiger partial charge in [-0.3, -0.25) is 9.59 Å². The first kappa shape index (κ1) is 18.8. The van der Waals surface area contributed by atoms with Gasteiger partial charge in [0.2, 0.25) is 5.91 Å². The minimum atomic E-state index is -0.609. The molecule has 10 heteroatoms. The summed E-state index contributed by atoms with van der Waals surface area (Å²) in [6.07, 6.45) is 0. The topological polar surface area (TPSA) is 124 Å². The minimum Gasteiger partial charge on any atom is -0.495 e. The highest BCUT2D eigenvalue weighted by atomic mass is 19.1. The Morgan fingerprint density at radius 2 is 1.79 bits per heavy atom. The average molecular weight is 384 g/mol. The van der Waals surface area contributed by atoms with Crippen molar-refractivity contribution in [1.82, 2.24) is 15.0 Å². The van der Waals surface area contributed by atoms with Crippen molar-refractivity contribution in [3.8, 4) is 5.75 Å². The molecule has 9 nitrogen and oxygen atoms in total. The lowest BCUT2D eigenvalue weighted by atomic mass is 10.3. The molecule has 0 atom stereocenters. The van der Waals surface area contributed by atoms with Crippen molar-refractivity contribution in [2.75, 3.05) is 23.5 Å². The molecular weight excluding hydrogens is 367 g/mol. The molecule has 2 amide bonds. The molecule has 0 spiro atoms. The van der Waals surface area contributed by atoms with Crippen LogP contribution in [-0.2, 0) is 11.3 Å². The van der Waals surface area contributed by atoms with Gasteiger partial charge < -0.3 is 21.1 Å². The summed E-state index contributed by atoms with van der Waals surface area (Å²) in [5.74, 6) is -1.39. The molecule has 1 aromatic heterocycles. The number of carbonyl (C=O) groups is 2. The van der Waals surface area contributed by atoms with Crippen LogP contribution in [0.25, 0.3) is 0 Å². The van der Waals surface area contributed by atoms with Crippen LogP contribution in [0.15, 0.2) is 48.5 Å². The monoisotopic (exact) mass is 384 g/mol. The van der Waals surface area contributed by atoms with E-state index in [1.54, 1.807) is 30.3 Å². The molecule has 0 radical (unpaired) electrons. The van der Waals surface area contributed by atoms with E-state index in [0.717, 1.165) is 4.68 Å². The number of benzene rings is 2. The molecule has 0 aliphatic heterocycles. The normalized spacial score (nSPS) is 10.4. The maximum atomic E-state index is 13.6. The Hall–Kier alpha value is -3.95. The van der Waals surface area contributed by atoms with Crippen LogP contribution >= 0.6 is 0 Å². The fraction of sp³-hybridized carbons (Fsp3) is 0.111. The number of hydrogen-bond donors (Lipinski definition) is 3. The third-order valence-electron chi connectivity index (χ3n) is 3.78. The minimum absolute atomic E-state index is 0.0281. The molecular formula is C18H17FN6O3. The van der Waals surface area contributed by atoms with Gasteiger partial charge in [-0.15, -0.1) is 5.10 Å². The van der Waals surface area contributed by atoms with Crippen molar-refractivity contribution in [3.63, 3.8) is 0 Å². The predicted molar refractivity (Wildman–Crippen MR) is 100 cm³/mol. The van der Waals surface area contributed by atoms with Gasteiger partial charge in [0.25, 0.3) is 5.91 Å². The third-order valence-corrected chi connectivity index (χ3v) is 3.78. The van der Waals surface area contributed by atoms with E-state index in [4.69, 9.17) is 10.5 Å². The summed E-state index contributed by atoms with van der Waals surface area (Å²) < 4.78 is 19.8. The smallest absolute Gasteiger partial charge is 0.280 e. The summed E-state index contributed by atoms with van der Waals surface area (Å²) in [4.78, 5) is 24.5. The largest absolute Gasteiger partial charge is 0.495 e. The van der Waals surface area contributed by atoms with Crippen molar-refractivity contribution >= 4 is 29.0 Å². The Morgan fingerprint density at radius 1 is 1.11 bits per heavy atom. The second-order valence-electron chi connectivity index (χ2n) is 5.66. The second-order valence-corrected chi connectivity index (χ2v) is 5.66. The van der Waals surface area contributed by atoms with Crippen molar-refractivity contribution < 1.29 is 18.7 Å². The third kappa shape index (κ3) is 4.06. The van der Waals surface area contributed by atoms with Crippen LogP contribution in [0.5, 0.6) is 5.75 Å². The van der Waals surface area contributed by atoms with Gasteiger partial charge in [-0.2, -0.15) is 0 Å². The average Bonchev–Trinajstić information content (AvgIpc) is 3.04. The van der Waals surface area contributed by atoms with Crippen molar-refractivity contribution in [2.24, 2.45) is 0 Å². The first-order valence-electron chi connectivity index (χ1n) is 8.17. The first-order valence-corrected chi connectivity index (χ1v) is 8.17. The fourth-order valence-corrected chi connectivity index (χ4v) is 2.42.